The summed E-state index contributed by atoms with van der Waals surface area (Å²) in [5, 5.41) is 3.71. The summed E-state index contributed by atoms with van der Waals surface area (Å²) in [6.45, 7) is 0.875. The molecule has 0 aliphatic heterocycles. The average molecular weight is 332 g/mol. The zero-order valence-corrected chi connectivity index (χ0v) is 13.9. The molecule has 1 aromatic heterocycles. The van der Waals surface area contributed by atoms with Gasteiger partial charge in [-0.15, -0.1) is 0 Å². The number of hydrogen-bond donors (Lipinski definition) is 1. The molecule has 3 aromatic rings. The van der Waals surface area contributed by atoms with Crippen LogP contribution in [0.4, 0.5) is 0 Å². The molecule has 0 saturated heterocycles. The van der Waals surface area contributed by atoms with Crippen molar-refractivity contribution in [1.82, 2.24) is 9.88 Å². The number of fused-ring (bicyclic) bond motifs is 1. The van der Waals surface area contributed by atoms with Crippen LogP contribution in [-0.4, -0.2) is 17.0 Å². The van der Waals surface area contributed by atoms with E-state index in [0.717, 1.165) is 18.4 Å². The van der Waals surface area contributed by atoms with Gasteiger partial charge >= 0.3 is 0 Å². The summed E-state index contributed by atoms with van der Waals surface area (Å²) in [7, 11) is 0. The van der Waals surface area contributed by atoms with E-state index in [-0.39, 0.29) is 23.3 Å². The first-order valence-electron chi connectivity index (χ1n) is 8.58. The highest BCUT2D eigenvalue weighted by Crippen LogP contribution is 2.47. The molecule has 4 heteroatoms. The molecule has 1 heterocycles. The van der Waals surface area contributed by atoms with Crippen molar-refractivity contribution in [3.8, 4) is 0 Å². The van der Waals surface area contributed by atoms with Crippen molar-refractivity contribution in [2.75, 3.05) is 6.54 Å². The van der Waals surface area contributed by atoms with E-state index < -0.39 is 0 Å². The number of carbonyl (C=O) groups excluding carboxylic acids is 1. The fraction of sp³-hybridized carbons (Fsp3) is 0.238. The Morgan fingerprint density at radius 2 is 1.72 bits per heavy atom. The molecular formula is C21H20N2O2. The number of rotatable bonds is 5. The third-order valence-corrected chi connectivity index (χ3v) is 5.06. The predicted octanol–water partition coefficient (Wildman–Crippen LogP) is 2.85. The Balaban J connectivity index is 1.47. The molecule has 4 nitrogen and oxygen atoms in total. The normalized spacial score (nSPS) is 15.0. The minimum atomic E-state index is -0.0315. The van der Waals surface area contributed by atoms with E-state index in [4.69, 9.17) is 0 Å². The summed E-state index contributed by atoms with van der Waals surface area (Å²) < 4.78 is 1.83. The van der Waals surface area contributed by atoms with E-state index in [1.165, 1.54) is 11.6 Å². The predicted molar refractivity (Wildman–Crippen MR) is 98.6 cm³/mol. The van der Waals surface area contributed by atoms with Crippen LogP contribution in [0.2, 0.25) is 0 Å². The molecule has 126 valence electrons. The highest BCUT2D eigenvalue weighted by molar-refractivity contribution is 5.82. The van der Waals surface area contributed by atoms with Gasteiger partial charge in [0.25, 0.3) is 0 Å². The Morgan fingerprint density at radius 1 is 1.00 bits per heavy atom. The van der Waals surface area contributed by atoms with Crippen molar-refractivity contribution in [3.63, 3.8) is 0 Å². The Bertz CT molecular complexity index is 972. The third kappa shape index (κ3) is 3.07. The molecule has 1 aliphatic rings. The quantitative estimate of drug-likeness (QED) is 0.781. The number of carbonyl (C=O) groups is 1. The number of amides is 1. The Hall–Kier alpha value is -2.88. The lowest BCUT2D eigenvalue weighted by atomic mass is 9.96. The summed E-state index contributed by atoms with van der Waals surface area (Å²) in [6.07, 6.45) is 3.91. The van der Waals surface area contributed by atoms with Crippen LogP contribution in [0.25, 0.3) is 10.9 Å². The number of aromatic nitrogens is 1. The maximum absolute atomic E-state index is 12.4. The van der Waals surface area contributed by atoms with Crippen LogP contribution in [0.1, 0.15) is 18.4 Å². The molecule has 1 saturated carbocycles. The van der Waals surface area contributed by atoms with Gasteiger partial charge in [0.05, 0.1) is 5.52 Å². The van der Waals surface area contributed by atoms with Gasteiger partial charge in [-0.2, -0.15) is 0 Å². The molecule has 1 aliphatic carbocycles. The molecule has 2 aromatic carbocycles. The van der Waals surface area contributed by atoms with Crippen LogP contribution in [0, 0.1) is 0 Å². The summed E-state index contributed by atoms with van der Waals surface area (Å²) in [5.74, 6) is -0.0315. The highest BCUT2D eigenvalue weighted by atomic mass is 16.2. The van der Waals surface area contributed by atoms with Gasteiger partial charge in [0.2, 0.25) is 5.91 Å². The lowest BCUT2D eigenvalue weighted by molar-refractivity contribution is -0.121. The first-order chi connectivity index (χ1) is 12.2. The first-order valence-corrected chi connectivity index (χ1v) is 8.58. The second-order valence-corrected chi connectivity index (χ2v) is 6.75. The number of pyridine rings is 1. The van der Waals surface area contributed by atoms with E-state index in [1.807, 2.05) is 41.0 Å². The highest BCUT2D eigenvalue weighted by Gasteiger charge is 2.44. The van der Waals surface area contributed by atoms with Gasteiger partial charge in [-0.3, -0.25) is 9.59 Å². The zero-order valence-electron chi connectivity index (χ0n) is 13.9. The van der Waals surface area contributed by atoms with E-state index in [2.05, 4.69) is 17.4 Å². The van der Waals surface area contributed by atoms with Gasteiger partial charge in [0.15, 0.2) is 5.43 Å². The number of para-hydroxylation sites is 1. The largest absolute Gasteiger partial charge is 0.354 e. The second-order valence-electron chi connectivity index (χ2n) is 6.75. The van der Waals surface area contributed by atoms with Crippen molar-refractivity contribution >= 4 is 16.8 Å². The van der Waals surface area contributed by atoms with Crippen LogP contribution in [0.15, 0.2) is 71.7 Å². The maximum Gasteiger partial charge on any atom is 0.239 e. The monoisotopic (exact) mass is 332 g/mol. The molecule has 0 bridgehead atoms. The van der Waals surface area contributed by atoms with E-state index >= 15 is 0 Å². The van der Waals surface area contributed by atoms with Gasteiger partial charge in [-0.25, -0.2) is 0 Å². The Kier molecular flexibility index (Phi) is 3.88. The van der Waals surface area contributed by atoms with Crippen molar-refractivity contribution < 1.29 is 4.79 Å². The summed E-state index contributed by atoms with van der Waals surface area (Å²) >= 11 is 0. The first kappa shape index (κ1) is 15.6. The molecule has 1 amide bonds. The van der Waals surface area contributed by atoms with Crippen LogP contribution in [0.5, 0.6) is 0 Å². The fourth-order valence-electron chi connectivity index (χ4n) is 3.39. The van der Waals surface area contributed by atoms with E-state index in [9.17, 15) is 9.59 Å². The Labute approximate surface area is 146 Å². The number of hydrogen-bond acceptors (Lipinski definition) is 2. The smallest absolute Gasteiger partial charge is 0.239 e. The number of nitrogens with one attached hydrogen (secondary N) is 1. The molecule has 0 atom stereocenters. The Morgan fingerprint density at radius 3 is 2.48 bits per heavy atom. The van der Waals surface area contributed by atoms with E-state index in [0.29, 0.717) is 11.9 Å². The molecule has 0 radical (unpaired) electrons. The maximum atomic E-state index is 12.4. The van der Waals surface area contributed by atoms with Gasteiger partial charge in [-0.05, 0) is 30.5 Å². The number of benzene rings is 2. The van der Waals surface area contributed by atoms with Crippen LogP contribution >= 0.6 is 0 Å². The second kappa shape index (κ2) is 6.20. The lowest BCUT2D eigenvalue weighted by Crippen LogP contribution is -2.34. The molecule has 1 fully saturated rings. The van der Waals surface area contributed by atoms with Crippen molar-refractivity contribution in [3.05, 3.63) is 82.6 Å². The molecular weight excluding hydrogens is 312 g/mol. The average Bonchev–Trinajstić information content (AvgIpc) is 3.45. The molecule has 25 heavy (non-hydrogen) atoms. The minimum Gasteiger partial charge on any atom is -0.354 e. The van der Waals surface area contributed by atoms with Gasteiger partial charge in [-0.1, -0.05) is 42.5 Å². The van der Waals surface area contributed by atoms with Crippen LogP contribution in [0.3, 0.4) is 0 Å². The molecule has 0 unspecified atom stereocenters. The fourth-order valence-corrected chi connectivity index (χ4v) is 3.39. The summed E-state index contributed by atoms with van der Waals surface area (Å²) in [6, 6.07) is 19.3. The van der Waals surface area contributed by atoms with Crippen molar-refractivity contribution in [2.45, 2.75) is 24.8 Å². The molecule has 4 rings (SSSR count). The summed E-state index contributed by atoms with van der Waals surface area (Å²) in [4.78, 5) is 24.4. The van der Waals surface area contributed by atoms with Crippen molar-refractivity contribution in [2.24, 2.45) is 0 Å². The SMILES string of the molecule is O=C(Cn1ccc(=O)c2ccccc21)NCC1(c2ccccc2)CC1. The zero-order chi connectivity index (χ0) is 17.3. The van der Waals surface area contributed by atoms with E-state index in [1.54, 1.807) is 12.3 Å². The lowest BCUT2D eigenvalue weighted by Gasteiger charge is -2.17. The summed E-state index contributed by atoms with van der Waals surface area (Å²) in [5.41, 5.74) is 2.16. The van der Waals surface area contributed by atoms with Gasteiger partial charge in [0, 0.05) is 29.6 Å². The minimum absolute atomic E-state index is 0.0201. The van der Waals surface area contributed by atoms with Gasteiger partial charge in [0.1, 0.15) is 6.54 Å². The third-order valence-electron chi connectivity index (χ3n) is 5.06. The molecule has 0 spiro atoms. The number of nitrogens with zero attached hydrogens (tertiary/aromatic N) is 1. The van der Waals surface area contributed by atoms with Crippen molar-refractivity contribution in [1.29, 1.82) is 0 Å². The van der Waals surface area contributed by atoms with Crippen LogP contribution in [-0.2, 0) is 16.8 Å². The van der Waals surface area contributed by atoms with Crippen LogP contribution < -0.4 is 10.7 Å². The molecule has 1 N–H and O–H groups in total. The topological polar surface area (TPSA) is 51.1 Å². The standard InChI is InChI=1S/C21H20N2O2/c24-19-10-13-23(18-9-5-4-8-17(18)19)14-20(25)22-15-21(11-12-21)16-6-2-1-3-7-16/h1-10,13H,11-12,14-15H2,(H,22,25). The van der Waals surface area contributed by atoms with Gasteiger partial charge < -0.3 is 9.88 Å².